The summed E-state index contributed by atoms with van der Waals surface area (Å²) in [7, 11) is 0. The lowest BCUT2D eigenvalue weighted by Gasteiger charge is -2.24. The minimum Gasteiger partial charge on any atom is -0.376 e. The van der Waals surface area contributed by atoms with Crippen LogP contribution in [0.25, 0.3) is 11.1 Å². The molecule has 1 amide bonds. The molecule has 118 valence electrons. The fourth-order valence-corrected chi connectivity index (χ4v) is 2.95. The summed E-state index contributed by atoms with van der Waals surface area (Å²) < 4.78 is 10.9. The van der Waals surface area contributed by atoms with E-state index in [9.17, 15) is 4.79 Å². The lowest BCUT2D eigenvalue weighted by atomic mass is 10.1. The summed E-state index contributed by atoms with van der Waals surface area (Å²) in [4.78, 5) is 19.1. The van der Waals surface area contributed by atoms with Gasteiger partial charge in [-0.05, 0) is 39.7 Å². The normalized spacial score (nSPS) is 18.0. The molecule has 0 saturated carbocycles. The number of likely N-dealkylation sites (N-methyl/N-ethyl adjacent to an activating group) is 1. The van der Waals surface area contributed by atoms with Crippen LogP contribution in [0.3, 0.4) is 0 Å². The van der Waals surface area contributed by atoms with E-state index in [1.807, 2.05) is 31.7 Å². The molecule has 0 aromatic carbocycles. The van der Waals surface area contributed by atoms with Crippen LogP contribution >= 0.6 is 0 Å². The average Bonchev–Trinajstić information content (AvgIpc) is 3.13. The number of hydrogen-bond donors (Lipinski definition) is 0. The number of carbonyl (C=O) groups is 1. The Bertz CT molecular complexity index is 689. The fourth-order valence-electron chi connectivity index (χ4n) is 2.95. The zero-order valence-corrected chi connectivity index (χ0v) is 13.3. The lowest BCUT2D eigenvalue weighted by molar-refractivity contribution is 0.0540. The van der Waals surface area contributed by atoms with E-state index in [0.717, 1.165) is 25.1 Å². The molecule has 0 aliphatic carbocycles. The second-order valence-electron chi connectivity index (χ2n) is 5.74. The molecule has 3 rings (SSSR count). The number of amides is 1. The monoisotopic (exact) mass is 303 g/mol. The Kier molecular flexibility index (Phi) is 4.11. The van der Waals surface area contributed by atoms with Crippen LogP contribution in [0.5, 0.6) is 0 Å². The maximum atomic E-state index is 13.0. The van der Waals surface area contributed by atoms with E-state index in [2.05, 4.69) is 10.1 Å². The Morgan fingerprint density at radius 2 is 2.27 bits per heavy atom. The summed E-state index contributed by atoms with van der Waals surface area (Å²) in [5.41, 5.74) is 2.48. The van der Waals surface area contributed by atoms with Crippen molar-refractivity contribution in [3.05, 3.63) is 23.0 Å². The molecule has 1 fully saturated rings. The van der Waals surface area contributed by atoms with Gasteiger partial charge in [0.1, 0.15) is 0 Å². The number of aromatic nitrogens is 2. The van der Waals surface area contributed by atoms with Crippen LogP contribution in [0.2, 0.25) is 0 Å². The van der Waals surface area contributed by atoms with Gasteiger partial charge < -0.3 is 14.2 Å². The van der Waals surface area contributed by atoms with Gasteiger partial charge in [0.25, 0.3) is 11.6 Å². The van der Waals surface area contributed by atoms with Crippen LogP contribution in [0.4, 0.5) is 0 Å². The van der Waals surface area contributed by atoms with Crippen molar-refractivity contribution in [2.45, 2.75) is 39.7 Å². The minimum absolute atomic E-state index is 0.0141. The fraction of sp³-hybridized carbons (Fsp3) is 0.562. The van der Waals surface area contributed by atoms with E-state index in [0.29, 0.717) is 35.4 Å². The molecule has 1 aliphatic rings. The zero-order chi connectivity index (χ0) is 15.7. The number of hydrogen-bond acceptors (Lipinski definition) is 5. The van der Waals surface area contributed by atoms with Gasteiger partial charge in [0.2, 0.25) is 0 Å². The van der Waals surface area contributed by atoms with Gasteiger partial charge in [-0.2, -0.15) is 0 Å². The third-order valence-electron chi connectivity index (χ3n) is 4.09. The molecule has 0 N–H and O–H groups in total. The summed E-state index contributed by atoms with van der Waals surface area (Å²) in [5, 5.41) is 4.65. The van der Waals surface area contributed by atoms with Crippen molar-refractivity contribution in [3.8, 4) is 0 Å². The first-order valence-corrected chi connectivity index (χ1v) is 7.74. The first kappa shape index (κ1) is 15.0. The van der Waals surface area contributed by atoms with Crippen molar-refractivity contribution in [1.82, 2.24) is 15.0 Å². The van der Waals surface area contributed by atoms with Crippen LogP contribution in [0.15, 0.2) is 10.6 Å². The molecule has 0 bridgehead atoms. The Morgan fingerprint density at radius 1 is 1.45 bits per heavy atom. The highest BCUT2D eigenvalue weighted by Gasteiger charge is 2.25. The summed E-state index contributed by atoms with van der Waals surface area (Å²) in [6, 6.07) is 1.81. The summed E-state index contributed by atoms with van der Waals surface area (Å²) in [6.07, 6.45) is 2.23. The van der Waals surface area contributed by atoms with Crippen LogP contribution in [0.1, 0.15) is 41.5 Å². The third-order valence-corrected chi connectivity index (χ3v) is 4.09. The molecular formula is C16H21N3O3. The highest BCUT2D eigenvalue weighted by Crippen LogP contribution is 2.24. The lowest BCUT2D eigenvalue weighted by Crippen LogP contribution is -2.37. The largest absolute Gasteiger partial charge is 0.376 e. The summed E-state index contributed by atoms with van der Waals surface area (Å²) in [6.45, 7) is 7.73. The first-order valence-electron chi connectivity index (χ1n) is 7.74. The van der Waals surface area contributed by atoms with Crippen LogP contribution in [0, 0.1) is 13.8 Å². The van der Waals surface area contributed by atoms with Crippen molar-refractivity contribution >= 4 is 17.0 Å². The number of ether oxygens (including phenoxy) is 1. The Morgan fingerprint density at radius 3 is 2.95 bits per heavy atom. The van der Waals surface area contributed by atoms with E-state index in [1.54, 1.807) is 0 Å². The van der Waals surface area contributed by atoms with E-state index >= 15 is 0 Å². The number of pyridine rings is 1. The van der Waals surface area contributed by atoms with Crippen LogP contribution < -0.4 is 0 Å². The molecular weight excluding hydrogens is 282 g/mol. The SMILES string of the molecule is CCN(CC1CCCO1)C(=O)c1cc(C)nc2onc(C)c12. The van der Waals surface area contributed by atoms with E-state index in [-0.39, 0.29) is 12.0 Å². The van der Waals surface area contributed by atoms with Gasteiger partial charge in [-0.25, -0.2) is 4.98 Å². The Balaban J connectivity index is 1.94. The molecule has 6 nitrogen and oxygen atoms in total. The zero-order valence-electron chi connectivity index (χ0n) is 13.3. The third kappa shape index (κ3) is 2.70. The molecule has 6 heteroatoms. The Hall–Kier alpha value is -1.95. The van der Waals surface area contributed by atoms with E-state index < -0.39 is 0 Å². The second-order valence-corrected chi connectivity index (χ2v) is 5.74. The van der Waals surface area contributed by atoms with Gasteiger partial charge >= 0.3 is 0 Å². The quantitative estimate of drug-likeness (QED) is 0.868. The molecule has 1 atom stereocenters. The molecule has 2 aromatic rings. The maximum absolute atomic E-state index is 13.0. The van der Waals surface area contributed by atoms with Crippen LogP contribution in [-0.2, 0) is 4.74 Å². The van der Waals surface area contributed by atoms with Crippen LogP contribution in [-0.4, -0.2) is 46.7 Å². The number of carbonyl (C=O) groups excluding carboxylic acids is 1. The van der Waals surface area contributed by atoms with Gasteiger partial charge in [0.15, 0.2) is 0 Å². The first-order chi connectivity index (χ1) is 10.6. The van der Waals surface area contributed by atoms with Gasteiger partial charge in [0, 0.05) is 25.4 Å². The van der Waals surface area contributed by atoms with Gasteiger partial charge in [-0.15, -0.1) is 0 Å². The number of fused-ring (bicyclic) bond motifs is 1. The molecule has 0 radical (unpaired) electrons. The maximum Gasteiger partial charge on any atom is 0.258 e. The molecule has 1 saturated heterocycles. The average molecular weight is 303 g/mol. The van der Waals surface area contributed by atoms with Crippen molar-refractivity contribution in [2.75, 3.05) is 19.7 Å². The van der Waals surface area contributed by atoms with E-state index in [4.69, 9.17) is 9.26 Å². The number of nitrogens with zero attached hydrogens (tertiary/aromatic N) is 3. The highest BCUT2D eigenvalue weighted by atomic mass is 16.5. The standard InChI is InChI=1S/C16H21N3O3/c1-4-19(9-12-6-5-7-21-12)16(20)13-8-10(2)17-15-14(13)11(3)18-22-15/h8,12H,4-7,9H2,1-3H3. The van der Waals surface area contributed by atoms with Gasteiger partial charge in [-0.3, -0.25) is 4.79 Å². The molecule has 1 aliphatic heterocycles. The molecule has 0 spiro atoms. The van der Waals surface area contributed by atoms with E-state index in [1.165, 1.54) is 0 Å². The highest BCUT2D eigenvalue weighted by molar-refractivity contribution is 6.06. The summed E-state index contributed by atoms with van der Waals surface area (Å²) >= 11 is 0. The molecule has 2 aromatic heterocycles. The molecule has 3 heterocycles. The predicted octanol–water partition coefficient (Wildman–Crippen LogP) is 2.48. The molecule has 22 heavy (non-hydrogen) atoms. The Labute approximate surface area is 129 Å². The minimum atomic E-state index is -0.0141. The number of aryl methyl sites for hydroxylation is 2. The molecule has 1 unspecified atom stereocenters. The van der Waals surface area contributed by atoms with Crippen molar-refractivity contribution < 1.29 is 14.1 Å². The van der Waals surface area contributed by atoms with Crippen molar-refractivity contribution in [3.63, 3.8) is 0 Å². The van der Waals surface area contributed by atoms with Crippen molar-refractivity contribution in [2.24, 2.45) is 0 Å². The van der Waals surface area contributed by atoms with Gasteiger partial charge in [0.05, 0.1) is 22.7 Å². The second kappa shape index (κ2) is 6.04. The predicted molar refractivity (Wildman–Crippen MR) is 81.8 cm³/mol. The van der Waals surface area contributed by atoms with Gasteiger partial charge in [-0.1, -0.05) is 5.16 Å². The smallest absolute Gasteiger partial charge is 0.258 e. The summed E-state index contributed by atoms with van der Waals surface area (Å²) in [5.74, 6) is -0.0141. The topological polar surface area (TPSA) is 68.5 Å². The van der Waals surface area contributed by atoms with Crippen molar-refractivity contribution in [1.29, 1.82) is 0 Å². The number of rotatable bonds is 4.